The molecule has 1 amide bonds. The van der Waals surface area contributed by atoms with E-state index in [1.54, 1.807) is 11.1 Å². The lowest BCUT2D eigenvalue weighted by Gasteiger charge is -2.31. The van der Waals surface area contributed by atoms with Crippen molar-refractivity contribution in [3.8, 4) is 0 Å². The van der Waals surface area contributed by atoms with Crippen LogP contribution in [0.25, 0.3) is 11.2 Å². The van der Waals surface area contributed by atoms with E-state index in [2.05, 4.69) is 15.3 Å². The fraction of sp³-hybridized carbons (Fsp3) is 0.500. The molecule has 1 fully saturated rings. The normalized spacial score (nSPS) is 15.1. The Bertz CT molecular complexity index is 1000. The van der Waals surface area contributed by atoms with E-state index in [4.69, 9.17) is 14.1 Å². The molecule has 0 atom stereocenters. The Hall–Kier alpha value is -3.10. The molecule has 0 bridgehead atoms. The fourth-order valence-electron chi connectivity index (χ4n) is 3.69. The molecule has 0 saturated carbocycles. The Morgan fingerprint density at radius 1 is 1.31 bits per heavy atom. The summed E-state index contributed by atoms with van der Waals surface area (Å²) >= 11 is 0. The van der Waals surface area contributed by atoms with Crippen LogP contribution >= 0.6 is 0 Å². The molecule has 0 aromatic carbocycles. The zero-order valence-electron chi connectivity index (χ0n) is 17.0. The summed E-state index contributed by atoms with van der Waals surface area (Å²) in [6.07, 6.45) is 3.19. The zero-order valence-corrected chi connectivity index (χ0v) is 17.0. The second-order valence-electron chi connectivity index (χ2n) is 7.21. The molecule has 1 aliphatic rings. The number of oxazole rings is 1. The van der Waals surface area contributed by atoms with E-state index in [1.807, 2.05) is 37.5 Å². The van der Waals surface area contributed by atoms with E-state index in [1.165, 1.54) is 0 Å². The molecule has 4 rings (SSSR count). The molecule has 3 aromatic heterocycles. The molecule has 29 heavy (non-hydrogen) atoms. The Morgan fingerprint density at radius 2 is 2.10 bits per heavy atom. The maximum Gasteiger partial charge on any atom is 0.409 e. The van der Waals surface area contributed by atoms with Crippen molar-refractivity contribution in [3.63, 3.8) is 0 Å². The summed E-state index contributed by atoms with van der Waals surface area (Å²) in [6, 6.07) is 4.05. The van der Waals surface area contributed by atoms with Gasteiger partial charge >= 0.3 is 6.09 Å². The van der Waals surface area contributed by atoms with Crippen LogP contribution in [0.2, 0.25) is 0 Å². The minimum Gasteiger partial charge on any atom is -0.450 e. The highest BCUT2D eigenvalue weighted by atomic mass is 16.6. The minimum absolute atomic E-state index is 0.216. The van der Waals surface area contributed by atoms with E-state index < -0.39 is 0 Å². The number of nitrogens with zero attached hydrogens (tertiary/aromatic N) is 5. The number of aryl methyl sites for hydroxylation is 2. The number of imidazole rings is 1. The number of amides is 1. The molecular weight excluding hydrogens is 372 g/mol. The third-order valence-corrected chi connectivity index (χ3v) is 5.16. The number of carbonyl (C=O) groups excluding carboxylic acids is 1. The van der Waals surface area contributed by atoms with Crippen LogP contribution in [-0.4, -0.2) is 56.3 Å². The Labute approximate surface area is 169 Å². The number of anilines is 1. The molecule has 9 nitrogen and oxygen atoms in total. The summed E-state index contributed by atoms with van der Waals surface area (Å²) in [6.45, 7) is 7.83. The number of ether oxygens (including phenoxy) is 1. The van der Waals surface area contributed by atoms with Crippen molar-refractivity contribution in [3.05, 3.63) is 35.7 Å². The van der Waals surface area contributed by atoms with Crippen molar-refractivity contribution in [2.45, 2.75) is 46.2 Å². The number of rotatable bonds is 5. The largest absolute Gasteiger partial charge is 0.450 e. The van der Waals surface area contributed by atoms with Gasteiger partial charge in [0.2, 0.25) is 5.95 Å². The van der Waals surface area contributed by atoms with Crippen LogP contribution < -0.4 is 5.32 Å². The number of likely N-dealkylation sites (tertiary alicyclic amines) is 1. The molecule has 154 valence electrons. The summed E-state index contributed by atoms with van der Waals surface area (Å²) in [7, 11) is 0. The van der Waals surface area contributed by atoms with Crippen molar-refractivity contribution in [1.82, 2.24) is 24.4 Å². The predicted molar refractivity (Wildman–Crippen MR) is 108 cm³/mol. The quantitative estimate of drug-likeness (QED) is 0.705. The standard InChI is InChI=1S/C20H26N6O3/c1-4-28-20(27)25-10-7-15(8-11-25)23-19-24-16-6-5-9-21-18(16)26(19)12-17-13(2)22-14(3)29-17/h5-6,9,15H,4,7-8,10-12H2,1-3H3,(H,23,24). The predicted octanol–water partition coefficient (Wildman–Crippen LogP) is 3.12. The van der Waals surface area contributed by atoms with Crippen molar-refractivity contribution < 1.29 is 13.9 Å². The van der Waals surface area contributed by atoms with E-state index in [0.29, 0.717) is 32.1 Å². The Balaban J connectivity index is 1.53. The van der Waals surface area contributed by atoms with Gasteiger partial charge in [0.05, 0.1) is 18.8 Å². The lowest BCUT2D eigenvalue weighted by atomic mass is 10.1. The minimum atomic E-state index is -0.237. The number of hydrogen-bond acceptors (Lipinski definition) is 7. The van der Waals surface area contributed by atoms with Gasteiger partial charge < -0.3 is 19.4 Å². The maximum atomic E-state index is 11.9. The van der Waals surface area contributed by atoms with Crippen molar-refractivity contribution in [2.75, 3.05) is 25.0 Å². The molecule has 0 aliphatic carbocycles. The van der Waals surface area contributed by atoms with E-state index in [-0.39, 0.29) is 12.1 Å². The van der Waals surface area contributed by atoms with Gasteiger partial charge in [-0.3, -0.25) is 4.57 Å². The summed E-state index contributed by atoms with van der Waals surface area (Å²) in [5.41, 5.74) is 2.49. The highest BCUT2D eigenvalue weighted by molar-refractivity contribution is 5.74. The van der Waals surface area contributed by atoms with Crippen molar-refractivity contribution >= 4 is 23.2 Å². The summed E-state index contributed by atoms with van der Waals surface area (Å²) in [5, 5.41) is 3.55. The number of aromatic nitrogens is 4. The van der Waals surface area contributed by atoms with Crippen LogP contribution in [0.15, 0.2) is 22.7 Å². The second-order valence-corrected chi connectivity index (χ2v) is 7.21. The van der Waals surface area contributed by atoms with E-state index in [0.717, 1.165) is 41.4 Å². The Kier molecular flexibility index (Phi) is 5.37. The molecule has 1 aliphatic heterocycles. The highest BCUT2D eigenvalue weighted by Gasteiger charge is 2.25. The van der Waals surface area contributed by atoms with Gasteiger partial charge in [-0.05, 0) is 38.8 Å². The Morgan fingerprint density at radius 3 is 2.79 bits per heavy atom. The van der Waals surface area contributed by atoms with Crippen LogP contribution in [0, 0.1) is 13.8 Å². The number of piperidine rings is 1. The van der Waals surface area contributed by atoms with Gasteiger partial charge in [-0.15, -0.1) is 0 Å². The molecular formula is C20H26N6O3. The van der Waals surface area contributed by atoms with Crippen molar-refractivity contribution in [2.24, 2.45) is 0 Å². The average Bonchev–Trinajstić information content (AvgIpc) is 3.22. The first-order valence-electron chi connectivity index (χ1n) is 9.97. The summed E-state index contributed by atoms with van der Waals surface area (Å²) in [4.78, 5) is 27.3. The van der Waals surface area contributed by atoms with Gasteiger partial charge in [0.15, 0.2) is 11.5 Å². The van der Waals surface area contributed by atoms with Crippen LogP contribution in [0.3, 0.4) is 0 Å². The topological polar surface area (TPSA) is 98.3 Å². The van der Waals surface area contributed by atoms with E-state index in [9.17, 15) is 4.79 Å². The van der Waals surface area contributed by atoms with Gasteiger partial charge in [-0.2, -0.15) is 0 Å². The maximum absolute atomic E-state index is 11.9. The van der Waals surface area contributed by atoms with Gasteiger partial charge in [-0.25, -0.2) is 19.7 Å². The number of carbonyl (C=O) groups is 1. The SMILES string of the molecule is CCOC(=O)N1CCC(Nc2nc3cccnc3n2Cc2oc(C)nc2C)CC1. The third-order valence-electron chi connectivity index (χ3n) is 5.16. The average molecular weight is 398 g/mol. The summed E-state index contributed by atoms with van der Waals surface area (Å²) in [5.74, 6) is 2.20. The summed E-state index contributed by atoms with van der Waals surface area (Å²) < 4.78 is 12.9. The highest BCUT2D eigenvalue weighted by Crippen LogP contribution is 2.23. The lowest BCUT2D eigenvalue weighted by molar-refractivity contribution is 0.0983. The van der Waals surface area contributed by atoms with Crippen LogP contribution in [0.5, 0.6) is 0 Å². The number of fused-ring (bicyclic) bond motifs is 1. The fourth-order valence-corrected chi connectivity index (χ4v) is 3.69. The molecule has 9 heteroatoms. The van der Waals surface area contributed by atoms with E-state index >= 15 is 0 Å². The first-order chi connectivity index (χ1) is 14.0. The number of hydrogen-bond donors (Lipinski definition) is 1. The first-order valence-corrected chi connectivity index (χ1v) is 9.97. The molecule has 3 aromatic rings. The molecule has 1 saturated heterocycles. The second kappa shape index (κ2) is 8.10. The number of pyridine rings is 1. The van der Waals surface area contributed by atoms with Crippen LogP contribution in [0.1, 0.15) is 37.1 Å². The molecule has 0 unspecified atom stereocenters. The smallest absolute Gasteiger partial charge is 0.409 e. The first kappa shape index (κ1) is 19.2. The van der Waals surface area contributed by atoms with Gasteiger partial charge in [0, 0.05) is 32.3 Å². The number of nitrogens with one attached hydrogen (secondary N) is 1. The van der Waals surface area contributed by atoms with Gasteiger partial charge in [0.1, 0.15) is 11.3 Å². The zero-order chi connectivity index (χ0) is 20.4. The monoisotopic (exact) mass is 398 g/mol. The van der Waals surface area contributed by atoms with Gasteiger partial charge in [-0.1, -0.05) is 0 Å². The third kappa shape index (κ3) is 4.03. The molecule has 0 radical (unpaired) electrons. The van der Waals surface area contributed by atoms with Crippen molar-refractivity contribution in [1.29, 1.82) is 0 Å². The molecule has 0 spiro atoms. The lowest BCUT2D eigenvalue weighted by Crippen LogP contribution is -2.42. The molecule has 1 N–H and O–H groups in total. The van der Waals surface area contributed by atoms with Crippen LogP contribution in [-0.2, 0) is 11.3 Å². The van der Waals surface area contributed by atoms with Gasteiger partial charge in [0.25, 0.3) is 0 Å². The molecule has 4 heterocycles. The van der Waals surface area contributed by atoms with Crippen LogP contribution in [0.4, 0.5) is 10.7 Å².